The Morgan fingerprint density at radius 3 is 2.77 bits per heavy atom. The summed E-state index contributed by atoms with van der Waals surface area (Å²) in [6, 6.07) is 9.15. The number of ether oxygens (including phenoxy) is 1. The molecule has 4 heterocycles. The molecule has 2 fully saturated rings. The lowest BCUT2D eigenvalue weighted by atomic mass is 9.90. The van der Waals surface area contributed by atoms with E-state index in [2.05, 4.69) is 33.9 Å². The van der Waals surface area contributed by atoms with Crippen LogP contribution in [0.25, 0.3) is 22.3 Å². The van der Waals surface area contributed by atoms with E-state index in [-0.39, 0.29) is 23.7 Å². The number of benzene rings is 1. The fraction of sp³-hybridized carbons (Fsp3) is 0.444. The Balaban J connectivity index is 1.39. The van der Waals surface area contributed by atoms with Gasteiger partial charge in [-0.1, -0.05) is 32.1 Å². The van der Waals surface area contributed by atoms with Gasteiger partial charge >= 0.3 is 0 Å². The smallest absolute Gasteiger partial charge is 0.246 e. The Kier molecular flexibility index (Phi) is 6.83. The molecule has 2 saturated heterocycles. The van der Waals surface area contributed by atoms with Crippen molar-refractivity contribution >= 4 is 16.9 Å². The van der Waals surface area contributed by atoms with Crippen LogP contribution in [-0.4, -0.2) is 75.3 Å². The van der Waals surface area contributed by atoms with E-state index >= 15 is 0 Å². The number of phenols is 1. The third-order valence-electron chi connectivity index (χ3n) is 7.18. The van der Waals surface area contributed by atoms with Crippen molar-refractivity contribution in [3.63, 3.8) is 0 Å². The van der Waals surface area contributed by atoms with Gasteiger partial charge in [0.25, 0.3) is 0 Å². The number of likely N-dealkylation sites (N-methyl/N-ethyl adjacent to an activating group) is 1. The molecule has 1 atom stereocenters. The van der Waals surface area contributed by atoms with Gasteiger partial charge in [-0.2, -0.15) is 0 Å². The fourth-order valence-corrected chi connectivity index (χ4v) is 5.06. The highest BCUT2D eigenvalue weighted by Gasteiger charge is 2.36. The molecular weight excluding hydrogens is 442 g/mol. The summed E-state index contributed by atoms with van der Waals surface area (Å²) in [7, 11) is 0. The molecule has 0 aliphatic carbocycles. The summed E-state index contributed by atoms with van der Waals surface area (Å²) < 4.78 is 6.09. The van der Waals surface area contributed by atoms with Gasteiger partial charge in [-0.05, 0) is 44.1 Å². The van der Waals surface area contributed by atoms with E-state index in [1.807, 2.05) is 29.2 Å². The van der Waals surface area contributed by atoms with E-state index in [4.69, 9.17) is 4.74 Å². The maximum Gasteiger partial charge on any atom is 0.246 e. The molecule has 0 saturated carbocycles. The van der Waals surface area contributed by atoms with E-state index < -0.39 is 0 Å². The minimum Gasteiger partial charge on any atom is -0.507 e. The Labute approximate surface area is 205 Å². The molecule has 35 heavy (non-hydrogen) atoms. The van der Waals surface area contributed by atoms with Gasteiger partial charge in [0, 0.05) is 60.4 Å². The third-order valence-corrected chi connectivity index (χ3v) is 7.18. The average Bonchev–Trinajstić information content (AvgIpc) is 3.48. The van der Waals surface area contributed by atoms with Crippen LogP contribution < -0.4 is 0 Å². The lowest BCUT2D eigenvalue weighted by molar-refractivity contribution is -0.130. The number of fused-ring (bicyclic) bond motifs is 1. The molecule has 184 valence electrons. The monoisotopic (exact) mass is 475 g/mol. The second-order valence-electron chi connectivity index (χ2n) is 9.29. The fourth-order valence-electron chi connectivity index (χ4n) is 5.06. The number of hydrogen-bond acceptors (Lipinski definition) is 6. The first-order chi connectivity index (χ1) is 17.1. The zero-order valence-electron chi connectivity index (χ0n) is 20.4. The van der Waals surface area contributed by atoms with Crippen LogP contribution in [-0.2, 0) is 9.53 Å². The van der Waals surface area contributed by atoms with Crippen LogP contribution >= 0.6 is 0 Å². The summed E-state index contributed by atoms with van der Waals surface area (Å²) in [5, 5.41) is 20.1. The Morgan fingerprint density at radius 2 is 2.06 bits per heavy atom. The molecule has 0 spiro atoms. The van der Waals surface area contributed by atoms with Crippen molar-refractivity contribution < 1.29 is 14.6 Å². The lowest BCUT2D eigenvalue weighted by Gasteiger charge is -2.39. The maximum absolute atomic E-state index is 12.6. The zero-order chi connectivity index (χ0) is 24.4. The third kappa shape index (κ3) is 4.68. The normalized spacial score (nSPS) is 18.7. The number of aromatic amines is 1. The molecule has 0 radical (unpaired) electrons. The predicted octanol–water partition coefficient (Wildman–Crippen LogP) is 4.01. The first-order valence-corrected chi connectivity index (χ1v) is 12.6. The standard InChI is InChI=1S/C27H33N5O3/c1-3-31(4-2)13-7-12-24(34)32-16-18(17-32)26-25(23-11-8-14-35-23)20-15-21(29-30-27(20)28-26)19-9-5-6-10-22(19)33/h5-7,9-10,12,15,18,23,33H,3-4,8,11,13-14,16-17H2,1-2H3,(H,28,30)/b12-7+. The number of nitrogens with zero attached hydrogens (tertiary/aromatic N) is 4. The topological polar surface area (TPSA) is 94.6 Å². The van der Waals surface area contributed by atoms with Crippen LogP contribution in [0.5, 0.6) is 5.75 Å². The molecule has 5 rings (SSSR count). The van der Waals surface area contributed by atoms with Gasteiger partial charge in [0.15, 0.2) is 5.65 Å². The van der Waals surface area contributed by atoms with Crippen LogP contribution in [0.4, 0.5) is 0 Å². The van der Waals surface area contributed by atoms with Gasteiger partial charge in [-0.25, -0.2) is 0 Å². The van der Waals surface area contributed by atoms with Gasteiger partial charge in [-0.3, -0.25) is 4.79 Å². The summed E-state index contributed by atoms with van der Waals surface area (Å²) >= 11 is 0. The van der Waals surface area contributed by atoms with Crippen molar-refractivity contribution in [1.82, 2.24) is 25.0 Å². The Morgan fingerprint density at radius 1 is 1.26 bits per heavy atom. The number of aromatic nitrogens is 3. The molecule has 1 amide bonds. The van der Waals surface area contributed by atoms with E-state index in [9.17, 15) is 9.90 Å². The number of para-hydroxylation sites is 1. The molecule has 0 bridgehead atoms. The molecule has 8 nitrogen and oxygen atoms in total. The molecule has 8 heteroatoms. The van der Waals surface area contributed by atoms with E-state index in [1.165, 1.54) is 0 Å². The summed E-state index contributed by atoms with van der Waals surface area (Å²) in [6.07, 6.45) is 5.63. The second-order valence-corrected chi connectivity index (χ2v) is 9.29. The highest BCUT2D eigenvalue weighted by Crippen LogP contribution is 2.42. The Bertz CT molecular complexity index is 1220. The average molecular weight is 476 g/mol. The number of H-pyrrole nitrogens is 1. The van der Waals surface area contributed by atoms with E-state index in [0.717, 1.165) is 55.7 Å². The number of nitrogens with one attached hydrogen (secondary N) is 1. The summed E-state index contributed by atoms with van der Waals surface area (Å²) in [5.41, 5.74) is 4.21. The molecule has 1 unspecified atom stereocenters. The zero-order valence-corrected chi connectivity index (χ0v) is 20.4. The predicted molar refractivity (Wildman–Crippen MR) is 135 cm³/mol. The van der Waals surface area contributed by atoms with E-state index in [1.54, 1.807) is 18.2 Å². The highest BCUT2D eigenvalue weighted by molar-refractivity contribution is 5.89. The number of carbonyl (C=O) groups is 1. The quantitative estimate of drug-likeness (QED) is 0.478. The van der Waals surface area contributed by atoms with Gasteiger partial charge in [0.1, 0.15) is 5.75 Å². The van der Waals surface area contributed by atoms with Crippen LogP contribution in [0.1, 0.15) is 50.0 Å². The van der Waals surface area contributed by atoms with Crippen molar-refractivity contribution in [3.05, 3.63) is 53.7 Å². The molecule has 3 aromatic rings. The van der Waals surface area contributed by atoms with Gasteiger partial charge in [0.2, 0.25) is 5.91 Å². The lowest BCUT2D eigenvalue weighted by Crippen LogP contribution is -2.48. The summed E-state index contributed by atoms with van der Waals surface area (Å²) in [5.74, 6) is 0.444. The van der Waals surface area contributed by atoms with Crippen LogP contribution in [0.15, 0.2) is 42.5 Å². The second kappa shape index (κ2) is 10.2. The molecule has 2 aliphatic rings. The molecule has 2 N–H and O–H groups in total. The van der Waals surface area contributed by atoms with Crippen LogP contribution in [0.2, 0.25) is 0 Å². The van der Waals surface area contributed by atoms with Crippen molar-refractivity contribution in [2.24, 2.45) is 0 Å². The molecule has 2 aliphatic heterocycles. The number of hydrogen-bond donors (Lipinski definition) is 2. The van der Waals surface area contributed by atoms with Gasteiger partial charge in [0.05, 0.1) is 11.8 Å². The van der Waals surface area contributed by atoms with Crippen molar-refractivity contribution in [1.29, 1.82) is 0 Å². The maximum atomic E-state index is 12.6. The first kappa shape index (κ1) is 23.5. The summed E-state index contributed by atoms with van der Waals surface area (Å²) in [4.78, 5) is 20.3. The van der Waals surface area contributed by atoms with Crippen molar-refractivity contribution in [3.8, 4) is 17.0 Å². The largest absolute Gasteiger partial charge is 0.507 e. The number of likely N-dealkylation sites (tertiary alicyclic amines) is 1. The highest BCUT2D eigenvalue weighted by atomic mass is 16.5. The van der Waals surface area contributed by atoms with Crippen molar-refractivity contribution in [2.45, 2.75) is 38.7 Å². The van der Waals surface area contributed by atoms with Gasteiger partial charge in [-0.15, -0.1) is 10.2 Å². The Hall–Kier alpha value is -3.23. The SMILES string of the molecule is CCN(CC)C/C=C/C(=O)N1CC(c2[nH]c3nnc(-c4ccccc4O)cc3c2C2CCCO2)C1. The van der Waals surface area contributed by atoms with E-state index in [0.29, 0.717) is 30.0 Å². The van der Waals surface area contributed by atoms with Gasteiger partial charge < -0.3 is 24.6 Å². The number of phenolic OH excluding ortho intramolecular Hbond substituents is 1. The summed E-state index contributed by atoms with van der Waals surface area (Å²) in [6.45, 7) is 9.07. The molecule has 2 aromatic heterocycles. The molecule has 1 aromatic carbocycles. The molecular formula is C27H33N5O3. The van der Waals surface area contributed by atoms with Crippen LogP contribution in [0.3, 0.4) is 0 Å². The number of rotatable bonds is 8. The van der Waals surface area contributed by atoms with Crippen molar-refractivity contribution in [2.75, 3.05) is 39.3 Å². The van der Waals surface area contributed by atoms with Crippen LogP contribution in [0, 0.1) is 0 Å². The number of aromatic hydroxyl groups is 1. The minimum atomic E-state index is -0.00103. The first-order valence-electron chi connectivity index (χ1n) is 12.6. The number of amides is 1. The number of carbonyl (C=O) groups excluding carboxylic acids is 1. The minimum absolute atomic E-state index is 0.00103.